The van der Waals surface area contributed by atoms with Gasteiger partial charge in [0.05, 0.1) is 0 Å². The summed E-state index contributed by atoms with van der Waals surface area (Å²) in [5.41, 5.74) is 3.12. The summed E-state index contributed by atoms with van der Waals surface area (Å²) in [6.07, 6.45) is 1.01. The molecule has 0 bridgehead atoms. The van der Waals surface area contributed by atoms with Crippen molar-refractivity contribution in [2.45, 2.75) is 6.18 Å². The number of nitrogens with zero attached hydrogens (tertiary/aromatic N) is 1. The van der Waals surface area contributed by atoms with E-state index >= 15 is 0 Å². The highest BCUT2D eigenvalue weighted by atomic mass is 19.4. The molecule has 0 aliphatic heterocycles. The molecule has 2 aromatic heterocycles. The van der Waals surface area contributed by atoms with Gasteiger partial charge in [-0.25, -0.2) is 0 Å². The van der Waals surface area contributed by atoms with E-state index in [2.05, 4.69) is 15.3 Å². The topological polar surface area (TPSA) is 40.7 Å². The fraction of sp³-hybridized carbons (Fsp3) is 0.133. The quantitative estimate of drug-likeness (QED) is 0.759. The molecule has 0 saturated heterocycles. The van der Waals surface area contributed by atoms with Crippen LogP contribution in [-0.4, -0.2) is 22.7 Å². The van der Waals surface area contributed by atoms with Crippen LogP contribution in [0.15, 0.2) is 48.9 Å². The number of H-pyrrole nitrogens is 1. The van der Waals surface area contributed by atoms with Crippen molar-refractivity contribution in [1.82, 2.24) is 9.97 Å². The summed E-state index contributed by atoms with van der Waals surface area (Å²) in [5.74, 6) is 0. The average Bonchev–Trinajstić information content (AvgIpc) is 2.89. The van der Waals surface area contributed by atoms with Crippen molar-refractivity contribution in [2.75, 3.05) is 11.9 Å². The van der Waals surface area contributed by atoms with E-state index in [1.807, 2.05) is 18.3 Å². The molecule has 3 nitrogen and oxygen atoms in total. The monoisotopic (exact) mass is 291 g/mol. The molecule has 108 valence electrons. The highest BCUT2D eigenvalue weighted by molar-refractivity contribution is 5.95. The molecule has 21 heavy (non-hydrogen) atoms. The highest BCUT2D eigenvalue weighted by Gasteiger charge is 2.26. The number of fused-ring (bicyclic) bond motifs is 1. The largest absolute Gasteiger partial charge is 0.405 e. The van der Waals surface area contributed by atoms with Crippen LogP contribution in [0.4, 0.5) is 18.9 Å². The van der Waals surface area contributed by atoms with Crippen LogP contribution in [0.5, 0.6) is 0 Å². The van der Waals surface area contributed by atoms with Crippen molar-refractivity contribution >= 4 is 16.6 Å². The van der Waals surface area contributed by atoms with Crippen LogP contribution in [0.25, 0.3) is 22.0 Å². The van der Waals surface area contributed by atoms with Gasteiger partial charge >= 0.3 is 6.18 Å². The zero-order valence-electron chi connectivity index (χ0n) is 10.9. The van der Waals surface area contributed by atoms with Gasteiger partial charge in [-0.2, -0.15) is 13.2 Å². The molecule has 0 amide bonds. The van der Waals surface area contributed by atoms with E-state index in [1.165, 1.54) is 0 Å². The summed E-state index contributed by atoms with van der Waals surface area (Å²) in [5, 5.41) is 3.32. The molecule has 0 spiro atoms. The van der Waals surface area contributed by atoms with Crippen molar-refractivity contribution in [3.05, 3.63) is 48.9 Å². The second-order valence-electron chi connectivity index (χ2n) is 4.67. The number of nitrogens with one attached hydrogen (secondary N) is 2. The van der Waals surface area contributed by atoms with E-state index in [1.54, 1.807) is 30.6 Å². The predicted molar refractivity (Wildman–Crippen MR) is 76.1 cm³/mol. The van der Waals surface area contributed by atoms with Gasteiger partial charge in [-0.15, -0.1) is 0 Å². The maximum atomic E-state index is 12.2. The van der Waals surface area contributed by atoms with Crippen LogP contribution >= 0.6 is 0 Å². The van der Waals surface area contributed by atoms with Crippen molar-refractivity contribution in [2.24, 2.45) is 0 Å². The highest BCUT2D eigenvalue weighted by Crippen LogP contribution is 2.29. The van der Waals surface area contributed by atoms with Crippen LogP contribution < -0.4 is 5.32 Å². The minimum atomic E-state index is -4.24. The molecule has 2 heterocycles. The Labute approximate surface area is 118 Å². The molecule has 0 unspecified atom stereocenters. The molecular weight excluding hydrogens is 279 g/mol. The summed E-state index contributed by atoms with van der Waals surface area (Å²) < 4.78 is 36.7. The lowest BCUT2D eigenvalue weighted by Crippen LogP contribution is -2.21. The summed E-state index contributed by atoms with van der Waals surface area (Å²) in [7, 11) is 0. The van der Waals surface area contributed by atoms with Crippen LogP contribution in [0, 0.1) is 0 Å². The van der Waals surface area contributed by atoms with Gasteiger partial charge in [0.25, 0.3) is 0 Å². The number of benzene rings is 1. The normalized spacial score (nSPS) is 11.8. The lowest BCUT2D eigenvalue weighted by atomic mass is 10.1. The Bertz CT molecular complexity index is 762. The third-order valence-electron chi connectivity index (χ3n) is 3.15. The van der Waals surface area contributed by atoms with E-state index in [9.17, 15) is 13.2 Å². The van der Waals surface area contributed by atoms with Gasteiger partial charge in [0.15, 0.2) is 0 Å². The van der Waals surface area contributed by atoms with E-state index in [-0.39, 0.29) is 0 Å². The smallest absolute Gasteiger partial charge is 0.376 e. The van der Waals surface area contributed by atoms with Gasteiger partial charge in [0.1, 0.15) is 6.54 Å². The fourth-order valence-corrected chi connectivity index (χ4v) is 2.20. The van der Waals surface area contributed by atoms with Gasteiger partial charge in [0.2, 0.25) is 0 Å². The van der Waals surface area contributed by atoms with Crippen molar-refractivity contribution in [1.29, 1.82) is 0 Å². The van der Waals surface area contributed by atoms with Gasteiger partial charge in [-0.3, -0.25) is 4.98 Å². The van der Waals surface area contributed by atoms with Crippen molar-refractivity contribution in [3.8, 4) is 11.1 Å². The number of halogens is 3. The van der Waals surface area contributed by atoms with Crippen LogP contribution in [0.2, 0.25) is 0 Å². The van der Waals surface area contributed by atoms with Crippen LogP contribution in [0.3, 0.4) is 0 Å². The van der Waals surface area contributed by atoms with Crippen LogP contribution in [-0.2, 0) is 0 Å². The average molecular weight is 291 g/mol. The summed E-state index contributed by atoms with van der Waals surface area (Å²) in [6, 6.07) is 8.74. The Morgan fingerprint density at radius 2 is 2.05 bits per heavy atom. The van der Waals surface area contributed by atoms with Gasteiger partial charge in [-0.05, 0) is 23.8 Å². The minimum absolute atomic E-state index is 0.433. The zero-order chi connectivity index (χ0) is 14.9. The van der Waals surface area contributed by atoms with Gasteiger partial charge in [0, 0.05) is 40.7 Å². The number of alkyl halides is 3. The van der Waals surface area contributed by atoms with Crippen molar-refractivity contribution in [3.63, 3.8) is 0 Å². The van der Waals surface area contributed by atoms with E-state index in [0.29, 0.717) is 5.69 Å². The minimum Gasteiger partial charge on any atom is -0.376 e. The number of hydrogen-bond acceptors (Lipinski definition) is 2. The Balaban J connectivity index is 1.92. The zero-order valence-corrected chi connectivity index (χ0v) is 10.9. The number of anilines is 1. The van der Waals surface area contributed by atoms with E-state index in [4.69, 9.17) is 0 Å². The Morgan fingerprint density at radius 1 is 1.19 bits per heavy atom. The van der Waals surface area contributed by atoms with E-state index < -0.39 is 12.7 Å². The maximum absolute atomic E-state index is 12.2. The molecule has 6 heteroatoms. The standard InChI is InChI=1S/C15H12F3N3/c16-15(17,18)9-21-11-3-1-2-10(6-11)12-8-20-14-4-5-19-7-13(12)14/h1-8,20-21H,9H2. The lowest BCUT2D eigenvalue weighted by molar-refractivity contribution is -0.115. The first-order chi connectivity index (χ1) is 10.0. The number of hydrogen-bond donors (Lipinski definition) is 2. The third-order valence-corrected chi connectivity index (χ3v) is 3.15. The second-order valence-corrected chi connectivity index (χ2v) is 4.67. The molecule has 0 saturated carbocycles. The summed E-state index contributed by atoms with van der Waals surface area (Å²) in [6.45, 7) is -1.05. The molecular formula is C15H12F3N3. The summed E-state index contributed by atoms with van der Waals surface area (Å²) >= 11 is 0. The first kappa shape index (κ1) is 13.5. The molecule has 0 atom stereocenters. The first-order valence-corrected chi connectivity index (χ1v) is 6.35. The van der Waals surface area contributed by atoms with E-state index in [0.717, 1.165) is 22.0 Å². The maximum Gasteiger partial charge on any atom is 0.405 e. The molecule has 0 fully saturated rings. The third kappa shape index (κ3) is 2.99. The molecule has 0 aliphatic rings. The first-order valence-electron chi connectivity index (χ1n) is 6.35. The molecule has 2 N–H and O–H groups in total. The second kappa shape index (κ2) is 5.12. The SMILES string of the molecule is FC(F)(F)CNc1cccc(-c2c[nH]c3ccncc23)c1. The Kier molecular flexibility index (Phi) is 3.29. The Hall–Kier alpha value is -2.50. The number of aromatic amines is 1. The predicted octanol–water partition coefficient (Wildman–Crippen LogP) is 4.20. The number of pyridine rings is 1. The number of aromatic nitrogens is 2. The lowest BCUT2D eigenvalue weighted by Gasteiger charge is -2.10. The molecule has 1 aromatic carbocycles. The fourth-order valence-electron chi connectivity index (χ4n) is 2.20. The molecule has 3 rings (SSSR count). The summed E-state index contributed by atoms with van der Waals surface area (Å²) in [4.78, 5) is 7.20. The van der Waals surface area contributed by atoms with Crippen molar-refractivity contribution < 1.29 is 13.2 Å². The van der Waals surface area contributed by atoms with Gasteiger partial charge in [-0.1, -0.05) is 12.1 Å². The van der Waals surface area contributed by atoms with Gasteiger partial charge < -0.3 is 10.3 Å². The van der Waals surface area contributed by atoms with Crippen LogP contribution in [0.1, 0.15) is 0 Å². The Morgan fingerprint density at radius 3 is 2.86 bits per heavy atom. The number of rotatable bonds is 3. The molecule has 3 aromatic rings. The molecule has 0 radical (unpaired) electrons. The molecule has 0 aliphatic carbocycles.